The average molecular weight is 367 g/mol. The molecule has 2 aromatic heterocycles. The lowest BCUT2D eigenvalue weighted by Gasteiger charge is -2.11. The number of nitrogens with zero attached hydrogens (tertiary/aromatic N) is 3. The summed E-state index contributed by atoms with van der Waals surface area (Å²) in [5.41, 5.74) is 1.49. The van der Waals surface area contributed by atoms with E-state index in [1.807, 2.05) is 12.1 Å². The highest BCUT2D eigenvalue weighted by molar-refractivity contribution is 7.99. The monoisotopic (exact) mass is 366 g/mol. The van der Waals surface area contributed by atoms with Gasteiger partial charge in [0.2, 0.25) is 5.16 Å². The maximum atomic E-state index is 10.3. The predicted octanol–water partition coefficient (Wildman–Crippen LogP) is 4.00. The van der Waals surface area contributed by atoms with Crippen molar-refractivity contribution in [3.05, 3.63) is 58.3 Å². The van der Waals surface area contributed by atoms with E-state index in [1.54, 1.807) is 30.6 Å². The molecule has 0 aliphatic carbocycles. The Morgan fingerprint density at radius 2 is 1.96 bits per heavy atom. The average Bonchev–Trinajstić information content (AvgIpc) is 3.05. The first kappa shape index (κ1) is 16.3. The first-order valence-corrected chi connectivity index (χ1v) is 8.46. The summed E-state index contributed by atoms with van der Waals surface area (Å²) < 4.78 is 0. The second kappa shape index (κ2) is 7.31. The summed E-state index contributed by atoms with van der Waals surface area (Å²) in [6.45, 7) is 0. The number of aliphatic hydroxyl groups is 1. The zero-order valence-electron chi connectivity index (χ0n) is 11.8. The number of benzene rings is 1. The number of thioether (sulfide) groups is 1. The van der Waals surface area contributed by atoms with Crippen LogP contribution in [0.1, 0.15) is 11.7 Å². The van der Waals surface area contributed by atoms with Crippen LogP contribution in [0, 0.1) is 0 Å². The molecule has 5 nitrogen and oxygen atoms in total. The van der Waals surface area contributed by atoms with Gasteiger partial charge in [-0.05, 0) is 30.3 Å². The first-order valence-electron chi connectivity index (χ1n) is 6.72. The molecule has 0 spiro atoms. The zero-order chi connectivity index (χ0) is 16.2. The summed E-state index contributed by atoms with van der Waals surface area (Å²) >= 11 is 13.4. The van der Waals surface area contributed by atoms with Crippen molar-refractivity contribution in [1.29, 1.82) is 0 Å². The molecule has 3 rings (SSSR count). The summed E-state index contributed by atoms with van der Waals surface area (Å²) in [5, 5.41) is 18.8. The Hall–Kier alpha value is -1.60. The molecule has 1 aromatic carbocycles. The SMILES string of the molecule is OC(CSc1n[nH]c(-c2ccncc2)n1)c1cc(Cl)ccc1Cl. The largest absolute Gasteiger partial charge is 0.387 e. The van der Waals surface area contributed by atoms with E-state index in [0.29, 0.717) is 32.3 Å². The molecule has 1 atom stereocenters. The summed E-state index contributed by atoms with van der Waals surface area (Å²) in [6, 6.07) is 8.70. The molecule has 1 unspecified atom stereocenters. The van der Waals surface area contributed by atoms with Gasteiger partial charge in [-0.25, -0.2) is 4.98 Å². The standard InChI is InChI=1S/C15H12Cl2N4OS/c16-10-1-2-12(17)11(7-10)13(22)8-23-15-19-14(20-21-15)9-3-5-18-6-4-9/h1-7,13,22H,8H2,(H,19,20,21). The molecule has 23 heavy (non-hydrogen) atoms. The minimum Gasteiger partial charge on any atom is -0.387 e. The van der Waals surface area contributed by atoms with E-state index in [-0.39, 0.29) is 0 Å². The van der Waals surface area contributed by atoms with Gasteiger partial charge in [-0.15, -0.1) is 5.10 Å². The minimum atomic E-state index is -0.755. The van der Waals surface area contributed by atoms with Crippen LogP contribution < -0.4 is 0 Å². The van der Waals surface area contributed by atoms with Crippen LogP contribution in [0.15, 0.2) is 47.9 Å². The molecule has 0 bridgehead atoms. The fourth-order valence-electron chi connectivity index (χ4n) is 1.96. The highest BCUT2D eigenvalue weighted by Crippen LogP contribution is 2.30. The maximum Gasteiger partial charge on any atom is 0.208 e. The summed E-state index contributed by atoms with van der Waals surface area (Å²) in [7, 11) is 0. The van der Waals surface area contributed by atoms with E-state index < -0.39 is 6.10 Å². The highest BCUT2D eigenvalue weighted by Gasteiger charge is 2.14. The molecule has 118 valence electrons. The molecule has 0 aliphatic heterocycles. The van der Waals surface area contributed by atoms with Crippen molar-refractivity contribution in [3.63, 3.8) is 0 Å². The predicted molar refractivity (Wildman–Crippen MR) is 91.8 cm³/mol. The molecule has 2 heterocycles. The number of H-pyrrole nitrogens is 1. The van der Waals surface area contributed by atoms with Gasteiger partial charge in [0.1, 0.15) is 0 Å². The van der Waals surface area contributed by atoms with Crippen molar-refractivity contribution in [2.75, 3.05) is 5.75 Å². The summed E-state index contributed by atoms with van der Waals surface area (Å²) in [4.78, 5) is 8.35. The van der Waals surface area contributed by atoms with Crippen LogP contribution in [-0.2, 0) is 0 Å². The third kappa shape index (κ3) is 4.03. The van der Waals surface area contributed by atoms with Gasteiger partial charge in [0.15, 0.2) is 5.82 Å². The second-order valence-electron chi connectivity index (χ2n) is 4.70. The van der Waals surface area contributed by atoms with Gasteiger partial charge in [-0.2, -0.15) is 0 Å². The van der Waals surface area contributed by atoms with Gasteiger partial charge in [-0.1, -0.05) is 35.0 Å². The van der Waals surface area contributed by atoms with Crippen LogP contribution in [0.25, 0.3) is 11.4 Å². The fourth-order valence-corrected chi connectivity index (χ4v) is 3.14. The van der Waals surface area contributed by atoms with E-state index in [0.717, 1.165) is 5.56 Å². The van der Waals surface area contributed by atoms with Gasteiger partial charge < -0.3 is 5.11 Å². The third-order valence-electron chi connectivity index (χ3n) is 3.11. The molecule has 2 N–H and O–H groups in total. The smallest absolute Gasteiger partial charge is 0.208 e. The lowest BCUT2D eigenvalue weighted by atomic mass is 10.1. The molecule has 0 fully saturated rings. The van der Waals surface area contributed by atoms with Crippen molar-refractivity contribution in [3.8, 4) is 11.4 Å². The Bertz CT molecular complexity index is 797. The third-order valence-corrected chi connectivity index (χ3v) is 4.61. The number of aliphatic hydroxyl groups excluding tert-OH is 1. The fraction of sp³-hybridized carbons (Fsp3) is 0.133. The van der Waals surface area contributed by atoms with Gasteiger partial charge in [-0.3, -0.25) is 10.1 Å². The van der Waals surface area contributed by atoms with Crippen LogP contribution in [-0.4, -0.2) is 31.0 Å². The number of aromatic amines is 1. The summed E-state index contributed by atoms with van der Waals surface area (Å²) in [5.74, 6) is 1.03. The minimum absolute atomic E-state index is 0.369. The molecular weight excluding hydrogens is 355 g/mol. The van der Waals surface area contributed by atoms with E-state index in [4.69, 9.17) is 23.2 Å². The van der Waals surface area contributed by atoms with Gasteiger partial charge in [0.05, 0.1) is 6.10 Å². The van der Waals surface area contributed by atoms with Crippen molar-refractivity contribution in [2.45, 2.75) is 11.3 Å². The highest BCUT2D eigenvalue weighted by atomic mass is 35.5. The quantitative estimate of drug-likeness (QED) is 0.667. The van der Waals surface area contributed by atoms with E-state index in [9.17, 15) is 5.11 Å². The van der Waals surface area contributed by atoms with E-state index in [1.165, 1.54) is 11.8 Å². The number of hydrogen-bond donors (Lipinski definition) is 2. The van der Waals surface area contributed by atoms with E-state index in [2.05, 4.69) is 20.2 Å². The van der Waals surface area contributed by atoms with Crippen LogP contribution in [0.4, 0.5) is 0 Å². The number of rotatable bonds is 5. The van der Waals surface area contributed by atoms with Gasteiger partial charge >= 0.3 is 0 Å². The van der Waals surface area contributed by atoms with Crippen LogP contribution in [0.3, 0.4) is 0 Å². The molecule has 0 amide bonds. The Labute approximate surface area is 147 Å². The normalized spacial score (nSPS) is 12.3. The van der Waals surface area contributed by atoms with Crippen molar-refractivity contribution < 1.29 is 5.11 Å². The van der Waals surface area contributed by atoms with Crippen molar-refractivity contribution in [1.82, 2.24) is 20.2 Å². The molecule has 8 heteroatoms. The van der Waals surface area contributed by atoms with E-state index >= 15 is 0 Å². The number of aromatic nitrogens is 4. The maximum absolute atomic E-state index is 10.3. The molecule has 0 saturated carbocycles. The number of halogens is 2. The topological polar surface area (TPSA) is 74.7 Å². The number of pyridine rings is 1. The van der Waals surface area contributed by atoms with Crippen molar-refractivity contribution in [2.24, 2.45) is 0 Å². The first-order chi connectivity index (χ1) is 11.1. The molecular formula is C15H12Cl2N4OS. The second-order valence-corrected chi connectivity index (χ2v) is 6.53. The van der Waals surface area contributed by atoms with Gasteiger partial charge in [0.25, 0.3) is 0 Å². The van der Waals surface area contributed by atoms with Crippen LogP contribution in [0.5, 0.6) is 0 Å². The lowest BCUT2D eigenvalue weighted by molar-refractivity contribution is 0.204. The molecule has 3 aromatic rings. The Morgan fingerprint density at radius 3 is 2.74 bits per heavy atom. The number of nitrogens with one attached hydrogen (secondary N) is 1. The van der Waals surface area contributed by atoms with Crippen LogP contribution in [0.2, 0.25) is 10.0 Å². The van der Waals surface area contributed by atoms with Crippen molar-refractivity contribution >= 4 is 35.0 Å². The molecule has 0 aliphatic rings. The summed E-state index contributed by atoms with van der Waals surface area (Å²) in [6.07, 6.45) is 2.62. The Morgan fingerprint density at radius 1 is 1.17 bits per heavy atom. The molecule has 0 radical (unpaired) electrons. The Balaban J connectivity index is 1.67. The molecule has 0 saturated heterocycles. The van der Waals surface area contributed by atoms with Gasteiger partial charge in [0, 0.05) is 39.3 Å². The van der Waals surface area contributed by atoms with Crippen LogP contribution >= 0.6 is 35.0 Å². The number of hydrogen-bond acceptors (Lipinski definition) is 5. The zero-order valence-corrected chi connectivity index (χ0v) is 14.1. The lowest BCUT2D eigenvalue weighted by Crippen LogP contribution is -2.01. The Kier molecular flexibility index (Phi) is 5.17.